The Morgan fingerprint density at radius 1 is 1.50 bits per heavy atom. The lowest BCUT2D eigenvalue weighted by atomic mass is 10.3. The number of urea groups is 1. The molecular weight excluding hydrogens is 369 g/mol. The number of halogens is 2. The molecule has 0 unspecified atom stereocenters. The van der Waals surface area contributed by atoms with E-state index in [-0.39, 0.29) is 12.6 Å². The van der Waals surface area contributed by atoms with E-state index in [0.717, 1.165) is 15.0 Å². The second-order valence-corrected chi connectivity index (χ2v) is 7.33. The van der Waals surface area contributed by atoms with Crippen molar-refractivity contribution in [3.05, 3.63) is 44.6 Å². The van der Waals surface area contributed by atoms with Gasteiger partial charge < -0.3 is 4.90 Å². The van der Waals surface area contributed by atoms with Gasteiger partial charge in [-0.3, -0.25) is 4.57 Å². The Hall–Kier alpha value is -1.47. The van der Waals surface area contributed by atoms with Crippen LogP contribution in [0.15, 0.2) is 39.9 Å². The predicted octanol–water partition coefficient (Wildman–Crippen LogP) is 3.67. The molecule has 0 bridgehead atoms. The first-order valence-electron chi connectivity index (χ1n) is 6.95. The van der Waals surface area contributed by atoms with Crippen LogP contribution < -0.4 is 4.80 Å². The third-order valence-electron chi connectivity index (χ3n) is 3.45. The van der Waals surface area contributed by atoms with Crippen LogP contribution in [0.2, 0.25) is 0 Å². The van der Waals surface area contributed by atoms with Crippen LogP contribution in [0.5, 0.6) is 0 Å². The van der Waals surface area contributed by atoms with Crippen molar-refractivity contribution in [3.63, 3.8) is 0 Å². The Kier molecular flexibility index (Phi) is 4.44. The van der Waals surface area contributed by atoms with Gasteiger partial charge in [-0.05, 0) is 31.5 Å². The summed E-state index contributed by atoms with van der Waals surface area (Å²) in [5, 5.41) is 0. The molecule has 1 aliphatic rings. The fourth-order valence-electron chi connectivity index (χ4n) is 2.39. The predicted molar refractivity (Wildman–Crippen MR) is 88.1 cm³/mol. The summed E-state index contributed by atoms with van der Waals surface area (Å²) in [5.41, 5.74) is 0.926. The molecule has 116 valence electrons. The van der Waals surface area contributed by atoms with Gasteiger partial charge in [-0.15, -0.1) is 11.3 Å². The molecule has 0 spiro atoms. The summed E-state index contributed by atoms with van der Waals surface area (Å²) >= 11 is 4.89. The summed E-state index contributed by atoms with van der Waals surface area (Å²) in [6, 6.07) is 7.42. The lowest BCUT2D eigenvalue weighted by molar-refractivity contribution is 0.213. The summed E-state index contributed by atoms with van der Waals surface area (Å²) in [5.74, 6) is 0. The molecule has 0 aliphatic carbocycles. The summed E-state index contributed by atoms with van der Waals surface area (Å²) in [6.45, 7) is 2.55. The van der Waals surface area contributed by atoms with E-state index in [0.29, 0.717) is 17.8 Å². The highest BCUT2D eigenvalue weighted by atomic mass is 79.9. The number of nitrogens with zero attached hydrogens (tertiary/aromatic N) is 3. The van der Waals surface area contributed by atoms with E-state index in [9.17, 15) is 9.18 Å². The molecule has 2 heterocycles. The lowest BCUT2D eigenvalue weighted by Gasteiger charge is -2.10. The number of benzene rings is 1. The molecule has 0 saturated carbocycles. The van der Waals surface area contributed by atoms with Gasteiger partial charge in [0.15, 0.2) is 4.80 Å². The number of carbonyl (C=O) groups is 1. The van der Waals surface area contributed by atoms with Crippen LogP contribution in [0.4, 0.5) is 9.18 Å². The lowest BCUT2D eigenvalue weighted by Crippen LogP contribution is -2.28. The van der Waals surface area contributed by atoms with Crippen molar-refractivity contribution in [3.8, 4) is 5.69 Å². The van der Waals surface area contributed by atoms with Gasteiger partial charge in [-0.25, -0.2) is 9.18 Å². The molecule has 1 saturated heterocycles. The molecule has 0 radical (unpaired) electrons. The van der Waals surface area contributed by atoms with Gasteiger partial charge in [-0.2, -0.15) is 4.99 Å². The summed E-state index contributed by atoms with van der Waals surface area (Å²) < 4.78 is 16.1. The minimum absolute atomic E-state index is 0.142. The molecule has 1 aromatic carbocycles. The maximum absolute atomic E-state index is 13.2. The maximum Gasteiger partial charge on any atom is 0.346 e. The van der Waals surface area contributed by atoms with Crippen molar-refractivity contribution in [1.29, 1.82) is 0 Å². The average molecular weight is 384 g/mol. The summed E-state index contributed by atoms with van der Waals surface area (Å²) in [6.07, 6.45) is 1.41. The minimum Gasteiger partial charge on any atom is -0.320 e. The highest BCUT2D eigenvalue weighted by Gasteiger charge is 2.25. The van der Waals surface area contributed by atoms with Gasteiger partial charge >= 0.3 is 6.03 Å². The van der Waals surface area contributed by atoms with Crippen LogP contribution in [0.25, 0.3) is 5.69 Å². The van der Waals surface area contributed by atoms with Crippen molar-refractivity contribution < 1.29 is 9.18 Å². The van der Waals surface area contributed by atoms with E-state index in [2.05, 4.69) is 20.9 Å². The van der Waals surface area contributed by atoms with Gasteiger partial charge in [0.25, 0.3) is 0 Å². The SMILES string of the molecule is Cc1cn(-c2cccc(Br)c2)/c(=N/C(=O)N2CC[C@@H](F)C2)s1. The first-order chi connectivity index (χ1) is 10.5. The Balaban J connectivity index is 1.97. The fourth-order valence-corrected chi connectivity index (χ4v) is 3.60. The highest BCUT2D eigenvalue weighted by Crippen LogP contribution is 2.17. The second-order valence-electron chi connectivity index (χ2n) is 5.20. The standard InChI is InChI=1S/C15H15BrFN3OS/c1-10-8-20(13-4-2-3-11(16)7-13)15(22-10)18-14(21)19-6-5-12(17)9-19/h2-4,7-8,12H,5-6,9H2,1H3/b18-15-/t12-/m1/s1. The second kappa shape index (κ2) is 6.34. The number of likely N-dealkylation sites (tertiary alicyclic amines) is 1. The van der Waals surface area contributed by atoms with E-state index >= 15 is 0 Å². The van der Waals surface area contributed by atoms with Crippen LogP contribution in [0.3, 0.4) is 0 Å². The third kappa shape index (κ3) is 3.30. The van der Waals surface area contributed by atoms with Gasteiger partial charge in [0.2, 0.25) is 0 Å². The number of aryl methyl sites for hydroxylation is 1. The quantitative estimate of drug-likeness (QED) is 0.739. The zero-order chi connectivity index (χ0) is 15.7. The molecule has 22 heavy (non-hydrogen) atoms. The molecule has 4 nitrogen and oxygen atoms in total. The van der Waals surface area contributed by atoms with Crippen molar-refractivity contribution in [2.75, 3.05) is 13.1 Å². The molecule has 2 aromatic rings. The molecule has 1 fully saturated rings. The number of rotatable bonds is 1. The number of aromatic nitrogens is 1. The van der Waals surface area contributed by atoms with Crippen LogP contribution in [-0.2, 0) is 0 Å². The van der Waals surface area contributed by atoms with Crippen molar-refractivity contribution >= 4 is 33.3 Å². The topological polar surface area (TPSA) is 37.6 Å². The molecule has 1 aromatic heterocycles. The van der Waals surface area contributed by atoms with Gasteiger partial charge in [0.05, 0.1) is 6.54 Å². The van der Waals surface area contributed by atoms with Gasteiger partial charge in [0.1, 0.15) is 6.17 Å². The van der Waals surface area contributed by atoms with E-state index < -0.39 is 6.17 Å². The molecule has 1 aliphatic heterocycles. The highest BCUT2D eigenvalue weighted by molar-refractivity contribution is 9.10. The van der Waals surface area contributed by atoms with Crippen molar-refractivity contribution in [1.82, 2.24) is 9.47 Å². The molecule has 2 amide bonds. The van der Waals surface area contributed by atoms with E-state index in [1.807, 2.05) is 42.0 Å². The molecular formula is C15H15BrFN3OS. The number of carbonyl (C=O) groups excluding carboxylic acids is 1. The minimum atomic E-state index is -0.929. The Bertz CT molecular complexity index is 770. The number of thiazole rings is 1. The van der Waals surface area contributed by atoms with E-state index in [1.165, 1.54) is 16.2 Å². The van der Waals surface area contributed by atoms with Crippen LogP contribution in [0, 0.1) is 6.92 Å². The zero-order valence-electron chi connectivity index (χ0n) is 12.0. The molecule has 1 atom stereocenters. The van der Waals surface area contributed by atoms with Crippen molar-refractivity contribution in [2.24, 2.45) is 4.99 Å². The average Bonchev–Trinajstić information content (AvgIpc) is 3.05. The smallest absolute Gasteiger partial charge is 0.320 e. The number of hydrogen-bond donors (Lipinski definition) is 0. The van der Waals surface area contributed by atoms with E-state index in [4.69, 9.17) is 0 Å². The first kappa shape index (κ1) is 15.4. The van der Waals surface area contributed by atoms with E-state index in [1.54, 1.807) is 0 Å². The van der Waals surface area contributed by atoms with Crippen LogP contribution in [0.1, 0.15) is 11.3 Å². The molecule has 7 heteroatoms. The van der Waals surface area contributed by atoms with Gasteiger partial charge in [-0.1, -0.05) is 22.0 Å². The number of amides is 2. The Morgan fingerprint density at radius 3 is 3.00 bits per heavy atom. The Morgan fingerprint density at radius 2 is 2.32 bits per heavy atom. The first-order valence-corrected chi connectivity index (χ1v) is 8.56. The fraction of sp³-hybridized carbons (Fsp3) is 0.333. The van der Waals surface area contributed by atoms with Crippen LogP contribution in [-0.4, -0.2) is 34.8 Å². The van der Waals surface area contributed by atoms with Crippen LogP contribution >= 0.6 is 27.3 Å². The number of alkyl halides is 1. The monoisotopic (exact) mass is 383 g/mol. The molecule has 0 N–H and O–H groups in total. The largest absolute Gasteiger partial charge is 0.346 e. The molecule has 3 rings (SSSR count). The third-order valence-corrected chi connectivity index (χ3v) is 4.84. The Labute approximate surface area is 140 Å². The van der Waals surface area contributed by atoms with Crippen molar-refractivity contribution in [2.45, 2.75) is 19.5 Å². The van der Waals surface area contributed by atoms with Gasteiger partial charge in [0, 0.05) is 27.8 Å². The maximum atomic E-state index is 13.2. The zero-order valence-corrected chi connectivity index (χ0v) is 14.4. The normalized spacial score (nSPS) is 19.0. The summed E-state index contributed by atoms with van der Waals surface area (Å²) in [7, 11) is 0. The number of hydrogen-bond acceptors (Lipinski definition) is 2. The summed E-state index contributed by atoms with van der Waals surface area (Å²) in [4.78, 5) is 19.5.